The fourth-order valence-corrected chi connectivity index (χ4v) is 2.31. The Balaban J connectivity index is 2.12. The molecule has 108 valence electrons. The summed E-state index contributed by atoms with van der Waals surface area (Å²) >= 11 is 4.92. The highest BCUT2D eigenvalue weighted by Gasteiger charge is 2.28. The predicted octanol–water partition coefficient (Wildman–Crippen LogP) is 1.69. The van der Waals surface area contributed by atoms with Crippen LogP contribution in [0.1, 0.15) is 18.9 Å². The Morgan fingerprint density at radius 2 is 2.30 bits per heavy atom. The van der Waals surface area contributed by atoms with Crippen LogP contribution >= 0.6 is 12.2 Å². The quantitative estimate of drug-likeness (QED) is 0.827. The number of nitrogens with two attached hydrogens (primary N) is 1. The maximum absolute atomic E-state index is 12.2. The Labute approximate surface area is 123 Å². The number of anilines is 1. The minimum atomic E-state index is -0.120. The lowest BCUT2D eigenvalue weighted by molar-refractivity contribution is -0.119. The maximum atomic E-state index is 12.2. The zero-order valence-corrected chi connectivity index (χ0v) is 12.3. The first-order valence-electron chi connectivity index (χ1n) is 6.41. The van der Waals surface area contributed by atoms with Crippen molar-refractivity contribution in [3.63, 3.8) is 0 Å². The van der Waals surface area contributed by atoms with Gasteiger partial charge in [-0.1, -0.05) is 12.2 Å². The third kappa shape index (κ3) is 3.26. The molecule has 1 aromatic carbocycles. The summed E-state index contributed by atoms with van der Waals surface area (Å²) in [5, 5.41) is 2.86. The fraction of sp³-hybridized carbons (Fsp3) is 0.429. The van der Waals surface area contributed by atoms with Gasteiger partial charge in [-0.25, -0.2) is 0 Å². The van der Waals surface area contributed by atoms with Crippen LogP contribution in [0, 0.1) is 5.92 Å². The minimum absolute atomic E-state index is 0.0595. The van der Waals surface area contributed by atoms with Gasteiger partial charge in [0.2, 0.25) is 5.91 Å². The first-order valence-corrected chi connectivity index (χ1v) is 6.82. The van der Waals surface area contributed by atoms with Gasteiger partial charge in [0.15, 0.2) is 0 Å². The average molecular weight is 294 g/mol. The Kier molecular flexibility index (Phi) is 4.57. The zero-order chi connectivity index (χ0) is 14.7. The number of carbonyl (C=O) groups is 1. The van der Waals surface area contributed by atoms with Crippen molar-refractivity contribution in [2.24, 2.45) is 11.7 Å². The third-order valence-corrected chi connectivity index (χ3v) is 3.55. The molecule has 5 nitrogen and oxygen atoms in total. The van der Waals surface area contributed by atoms with Crippen LogP contribution in [0.2, 0.25) is 0 Å². The van der Waals surface area contributed by atoms with E-state index in [0.29, 0.717) is 28.6 Å². The Bertz CT molecular complexity index is 533. The van der Waals surface area contributed by atoms with Gasteiger partial charge in [0, 0.05) is 5.56 Å². The van der Waals surface area contributed by atoms with Crippen molar-refractivity contribution < 1.29 is 14.3 Å². The Morgan fingerprint density at radius 3 is 2.85 bits per heavy atom. The monoisotopic (exact) mass is 294 g/mol. The number of nitrogens with one attached hydrogen (secondary N) is 1. The van der Waals surface area contributed by atoms with Gasteiger partial charge in [-0.15, -0.1) is 0 Å². The molecule has 0 radical (unpaired) electrons. The smallest absolute Gasteiger partial charge is 0.230 e. The standard InChI is InChI=1S/C14H18N2O3S/c1-8-5-10(7-19-8)14(17)16-11-4-3-9(13(15)20)6-12(11)18-2/h3-4,6,8,10H,5,7H2,1-2H3,(H2,15,20)(H,16,17). The molecule has 1 aliphatic rings. The molecule has 0 bridgehead atoms. The molecule has 3 N–H and O–H groups in total. The molecule has 6 heteroatoms. The van der Waals surface area contributed by atoms with Gasteiger partial charge in [0.1, 0.15) is 10.7 Å². The van der Waals surface area contributed by atoms with Crippen LogP contribution in [0.3, 0.4) is 0 Å². The van der Waals surface area contributed by atoms with Gasteiger partial charge in [-0.05, 0) is 31.5 Å². The highest BCUT2D eigenvalue weighted by atomic mass is 32.1. The molecule has 1 fully saturated rings. The summed E-state index contributed by atoms with van der Waals surface area (Å²) in [6.07, 6.45) is 0.865. The van der Waals surface area contributed by atoms with Crippen LogP contribution in [-0.4, -0.2) is 30.7 Å². The van der Waals surface area contributed by atoms with Gasteiger partial charge < -0.3 is 20.5 Å². The minimum Gasteiger partial charge on any atom is -0.495 e. The number of amides is 1. The second kappa shape index (κ2) is 6.19. The third-order valence-electron chi connectivity index (χ3n) is 3.31. The first-order chi connectivity index (χ1) is 9.51. The number of hydrogen-bond donors (Lipinski definition) is 2. The van der Waals surface area contributed by atoms with E-state index in [1.54, 1.807) is 18.2 Å². The topological polar surface area (TPSA) is 73.6 Å². The van der Waals surface area contributed by atoms with E-state index < -0.39 is 0 Å². The largest absolute Gasteiger partial charge is 0.495 e. The van der Waals surface area contributed by atoms with E-state index in [0.717, 1.165) is 6.42 Å². The molecule has 2 rings (SSSR count). The number of carbonyl (C=O) groups excluding carboxylic acids is 1. The summed E-state index contributed by atoms with van der Waals surface area (Å²) < 4.78 is 10.7. The molecule has 0 aliphatic carbocycles. The van der Waals surface area contributed by atoms with Gasteiger partial charge >= 0.3 is 0 Å². The van der Waals surface area contributed by atoms with Crippen molar-refractivity contribution in [1.82, 2.24) is 0 Å². The van der Waals surface area contributed by atoms with Crippen molar-refractivity contribution in [3.05, 3.63) is 23.8 Å². The van der Waals surface area contributed by atoms with Gasteiger partial charge in [0.05, 0.1) is 31.4 Å². The summed E-state index contributed by atoms with van der Waals surface area (Å²) in [5.74, 6) is 0.358. The van der Waals surface area contributed by atoms with Crippen LogP contribution in [0.25, 0.3) is 0 Å². The van der Waals surface area contributed by atoms with Crippen LogP contribution < -0.4 is 15.8 Å². The van der Waals surface area contributed by atoms with Crippen LogP contribution in [0.5, 0.6) is 5.75 Å². The van der Waals surface area contributed by atoms with E-state index in [4.69, 9.17) is 27.4 Å². The lowest BCUT2D eigenvalue weighted by Gasteiger charge is -2.13. The van der Waals surface area contributed by atoms with E-state index in [1.807, 2.05) is 6.92 Å². The first kappa shape index (κ1) is 14.7. The second-order valence-corrected chi connectivity index (χ2v) is 5.28. The molecule has 0 saturated carbocycles. The van der Waals surface area contributed by atoms with Crippen LogP contribution in [-0.2, 0) is 9.53 Å². The highest BCUT2D eigenvalue weighted by molar-refractivity contribution is 7.80. The van der Waals surface area contributed by atoms with Crippen molar-refractivity contribution in [2.75, 3.05) is 19.0 Å². The van der Waals surface area contributed by atoms with E-state index in [1.165, 1.54) is 7.11 Å². The normalized spacial score (nSPS) is 21.5. The number of ether oxygens (including phenoxy) is 2. The molecular formula is C14H18N2O3S. The van der Waals surface area contributed by atoms with Crippen molar-refractivity contribution >= 4 is 28.8 Å². The molecule has 1 amide bonds. The highest BCUT2D eigenvalue weighted by Crippen LogP contribution is 2.27. The summed E-state index contributed by atoms with van der Waals surface area (Å²) in [6, 6.07) is 5.21. The molecule has 20 heavy (non-hydrogen) atoms. The summed E-state index contributed by atoms with van der Waals surface area (Å²) in [5.41, 5.74) is 6.89. The fourth-order valence-electron chi connectivity index (χ4n) is 2.18. The second-order valence-electron chi connectivity index (χ2n) is 4.85. The summed E-state index contributed by atoms with van der Waals surface area (Å²) in [4.78, 5) is 12.4. The lowest BCUT2D eigenvalue weighted by atomic mass is 10.1. The molecule has 1 saturated heterocycles. The lowest BCUT2D eigenvalue weighted by Crippen LogP contribution is -2.23. The SMILES string of the molecule is COc1cc(C(N)=S)ccc1NC(=O)C1COC(C)C1. The van der Waals surface area contributed by atoms with Gasteiger partial charge in [-0.3, -0.25) is 4.79 Å². The molecule has 1 heterocycles. The zero-order valence-electron chi connectivity index (χ0n) is 11.5. The molecule has 1 aliphatic heterocycles. The van der Waals surface area contributed by atoms with Gasteiger partial charge in [-0.2, -0.15) is 0 Å². The molecule has 1 aromatic rings. The van der Waals surface area contributed by atoms with E-state index >= 15 is 0 Å². The summed E-state index contributed by atoms with van der Waals surface area (Å²) in [7, 11) is 1.54. The van der Waals surface area contributed by atoms with Crippen LogP contribution in [0.15, 0.2) is 18.2 Å². The molecule has 2 atom stereocenters. The van der Waals surface area contributed by atoms with E-state index in [2.05, 4.69) is 5.32 Å². The maximum Gasteiger partial charge on any atom is 0.230 e. The van der Waals surface area contributed by atoms with E-state index in [9.17, 15) is 4.79 Å². The van der Waals surface area contributed by atoms with E-state index in [-0.39, 0.29) is 17.9 Å². The number of thiocarbonyl (C=S) groups is 1. The molecule has 0 aromatic heterocycles. The van der Waals surface area contributed by atoms with Gasteiger partial charge in [0.25, 0.3) is 0 Å². The predicted molar refractivity (Wildman–Crippen MR) is 81.0 cm³/mol. The Hall–Kier alpha value is -1.66. The number of methoxy groups -OCH3 is 1. The Morgan fingerprint density at radius 1 is 1.55 bits per heavy atom. The number of benzene rings is 1. The molecule has 2 unspecified atom stereocenters. The number of rotatable bonds is 4. The number of hydrogen-bond acceptors (Lipinski definition) is 4. The van der Waals surface area contributed by atoms with Crippen LogP contribution in [0.4, 0.5) is 5.69 Å². The van der Waals surface area contributed by atoms with Crippen molar-refractivity contribution in [1.29, 1.82) is 0 Å². The molecule has 0 spiro atoms. The van der Waals surface area contributed by atoms with Crippen molar-refractivity contribution in [2.45, 2.75) is 19.4 Å². The average Bonchev–Trinajstić information content (AvgIpc) is 2.85. The van der Waals surface area contributed by atoms with Crippen molar-refractivity contribution in [3.8, 4) is 5.75 Å². The summed E-state index contributed by atoms with van der Waals surface area (Å²) in [6.45, 7) is 2.42. The molecular weight excluding hydrogens is 276 g/mol.